The van der Waals surface area contributed by atoms with Crippen LogP contribution in [-0.4, -0.2) is 33.9 Å². The summed E-state index contributed by atoms with van der Waals surface area (Å²) >= 11 is 0. The second-order valence-corrected chi connectivity index (χ2v) is 5.73. The third-order valence-corrected chi connectivity index (χ3v) is 4.08. The largest absolute Gasteiger partial charge is 0.393 e. The van der Waals surface area contributed by atoms with Gasteiger partial charge in [-0.3, -0.25) is 4.90 Å². The van der Waals surface area contributed by atoms with Crippen molar-refractivity contribution in [3.8, 4) is 5.69 Å². The van der Waals surface area contributed by atoms with Gasteiger partial charge in [-0.2, -0.15) is 18.3 Å². The quantitative estimate of drug-likeness (QED) is 0.863. The van der Waals surface area contributed by atoms with Crippen LogP contribution in [0.5, 0.6) is 0 Å². The molecule has 0 amide bonds. The Morgan fingerprint density at radius 2 is 1.95 bits per heavy atom. The van der Waals surface area contributed by atoms with Crippen LogP contribution >= 0.6 is 0 Å². The lowest BCUT2D eigenvalue weighted by molar-refractivity contribution is -0.187. The summed E-state index contributed by atoms with van der Waals surface area (Å²) in [6.07, 6.45) is 0.336. The summed E-state index contributed by atoms with van der Waals surface area (Å²) in [6, 6.07) is 9.63. The van der Waals surface area contributed by atoms with E-state index in [4.69, 9.17) is 0 Å². The Bertz CT molecular complexity index is 590. The Balaban J connectivity index is 1.63. The molecule has 1 saturated heterocycles. The topological polar surface area (TPSA) is 21.1 Å². The van der Waals surface area contributed by atoms with E-state index in [-0.39, 0.29) is 13.0 Å². The Hall–Kier alpha value is -1.82. The Morgan fingerprint density at radius 3 is 2.59 bits per heavy atom. The molecule has 118 valence electrons. The summed E-state index contributed by atoms with van der Waals surface area (Å²) in [5.74, 6) is -1.19. The number of benzene rings is 1. The zero-order chi connectivity index (χ0) is 15.6. The molecule has 1 aliphatic rings. The molecule has 1 fully saturated rings. The fourth-order valence-electron chi connectivity index (χ4n) is 2.90. The van der Waals surface area contributed by atoms with Crippen LogP contribution in [0.25, 0.3) is 5.69 Å². The predicted molar refractivity (Wildman–Crippen MR) is 77.6 cm³/mol. The molecule has 0 aliphatic carbocycles. The molecule has 1 atom stereocenters. The number of halogens is 3. The molecular formula is C16H18F3N3. The molecule has 0 N–H and O–H groups in total. The van der Waals surface area contributed by atoms with Crippen molar-refractivity contribution in [2.75, 3.05) is 13.1 Å². The van der Waals surface area contributed by atoms with E-state index in [1.165, 1.54) is 0 Å². The molecule has 22 heavy (non-hydrogen) atoms. The van der Waals surface area contributed by atoms with E-state index in [0.717, 1.165) is 17.8 Å². The van der Waals surface area contributed by atoms with E-state index in [9.17, 15) is 13.2 Å². The number of hydrogen-bond acceptors (Lipinski definition) is 2. The highest BCUT2D eigenvalue weighted by molar-refractivity contribution is 5.33. The molecule has 6 heteroatoms. The summed E-state index contributed by atoms with van der Waals surface area (Å²) in [5, 5.41) is 4.15. The normalized spacial score (nSPS) is 20.2. The van der Waals surface area contributed by atoms with E-state index in [1.54, 1.807) is 10.9 Å². The molecule has 2 aromatic rings. The lowest BCUT2D eigenvalue weighted by atomic mass is 9.97. The van der Waals surface area contributed by atoms with Gasteiger partial charge in [0.15, 0.2) is 0 Å². The van der Waals surface area contributed by atoms with Crippen molar-refractivity contribution >= 4 is 0 Å². The van der Waals surface area contributed by atoms with Gasteiger partial charge in [-0.05, 0) is 43.1 Å². The van der Waals surface area contributed by atoms with E-state index in [0.29, 0.717) is 13.0 Å². The maximum Gasteiger partial charge on any atom is 0.393 e. The van der Waals surface area contributed by atoms with Gasteiger partial charge < -0.3 is 0 Å². The lowest BCUT2D eigenvalue weighted by Gasteiger charge is -2.33. The second kappa shape index (κ2) is 6.12. The smallest absolute Gasteiger partial charge is 0.298 e. The SMILES string of the molecule is FC(F)(F)C1CCCN(Cc2ccc(-n3cccn3)cc2)C1. The summed E-state index contributed by atoms with van der Waals surface area (Å²) in [7, 11) is 0. The molecule has 1 aromatic carbocycles. The number of likely N-dealkylation sites (tertiary alicyclic amines) is 1. The first-order valence-corrected chi connectivity index (χ1v) is 7.40. The number of hydrogen-bond donors (Lipinski definition) is 0. The molecule has 0 spiro atoms. The average Bonchev–Trinajstić information content (AvgIpc) is 3.02. The molecule has 3 nitrogen and oxygen atoms in total. The molecule has 0 saturated carbocycles. The Kier molecular flexibility index (Phi) is 4.20. The van der Waals surface area contributed by atoms with Gasteiger partial charge in [0, 0.05) is 25.5 Å². The highest BCUT2D eigenvalue weighted by atomic mass is 19.4. The minimum absolute atomic E-state index is 0.102. The van der Waals surface area contributed by atoms with Gasteiger partial charge in [0.1, 0.15) is 0 Å². The van der Waals surface area contributed by atoms with Crippen molar-refractivity contribution in [3.05, 3.63) is 48.3 Å². The summed E-state index contributed by atoms with van der Waals surface area (Å²) < 4.78 is 40.2. The standard InChI is InChI=1S/C16H18F3N3/c17-16(18,19)14-3-1-9-21(12-14)11-13-4-6-15(7-5-13)22-10-2-8-20-22/h2,4-8,10,14H,1,3,9,11-12H2. The van der Waals surface area contributed by atoms with Crippen molar-refractivity contribution in [1.29, 1.82) is 0 Å². The van der Waals surface area contributed by atoms with Gasteiger partial charge in [0.25, 0.3) is 0 Å². The molecule has 2 heterocycles. The van der Waals surface area contributed by atoms with Crippen LogP contribution in [0.2, 0.25) is 0 Å². The number of piperidine rings is 1. The molecule has 1 aliphatic heterocycles. The molecule has 3 rings (SSSR count). The van der Waals surface area contributed by atoms with Crippen LogP contribution in [0.15, 0.2) is 42.7 Å². The Labute approximate surface area is 127 Å². The minimum atomic E-state index is -4.08. The molecule has 0 bridgehead atoms. The van der Waals surface area contributed by atoms with Crippen LogP contribution in [0.1, 0.15) is 18.4 Å². The maximum atomic E-state index is 12.8. The van der Waals surface area contributed by atoms with Crippen LogP contribution < -0.4 is 0 Å². The number of alkyl halides is 3. The van der Waals surface area contributed by atoms with Gasteiger partial charge in [0.05, 0.1) is 11.6 Å². The third kappa shape index (κ3) is 3.50. The second-order valence-electron chi connectivity index (χ2n) is 5.73. The fraction of sp³-hybridized carbons (Fsp3) is 0.438. The van der Waals surface area contributed by atoms with Gasteiger partial charge >= 0.3 is 6.18 Å². The highest BCUT2D eigenvalue weighted by Crippen LogP contribution is 2.33. The fourth-order valence-corrected chi connectivity index (χ4v) is 2.90. The third-order valence-electron chi connectivity index (χ3n) is 4.08. The van der Waals surface area contributed by atoms with Crippen molar-refractivity contribution in [2.45, 2.75) is 25.6 Å². The summed E-state index contributed by atoms with van der Waals surface area (Å²) in [5.41, 5.74) is 1.97. The first kappa shape index (κ1) is 15.1. The number of nitrogens with zero attached hydrogens (tertiary/aromatic N) is 3. The van der Waals surface area contributed by atoms with E-state index >= 15 is 0 Å². The highest BCUT2D eigenvalue weighted by Gasteiger charge is 2.41. The van der Waals surface area contributed by atoms with Gasteiger partial charge in [-0.25, -0.2) is 4.68 Å². The Morgan fingerprint density at radius 1 is 1.18 bits per heavy atom. The zero-order valence-electron chi connectivity index (χ0n) is 12.1. The van der Waals surface area contributed by atoms with Crippen LogP contribution in [0.4, 0.5) is 13.2 Å². The van der Waals surface area contributed by atoms with Crippen molar-refractivity contribution < 1.29 is 13.2 Å². The van der Waals surface area contributed by atoms with Crippen LogP contribution in [0.3, 0.4) is 0 Å². The lowest BCUT2D eigenvalue weighted by Crippen LogP contribution is -2.41. The number of aromatic nitrogens is 2. The summed E-state index contributed by atoms with van der Waals surface area (Å²) in [6.45, 7) is 1.39. The zero-order valence-corrected chi connectivity index (χ0v) is 12.1. The first-order chi connectivity index (χ1) is 10.5. The molecule has 0 radical (unpaired) electrons. The first-order valence-electron chi connectivity index (χ1n) is 7.40. The van der Waals surface area contributed by atoms with E-state index < -0.39 is 12.1 Å². The van der Waals surface area contributed by atoms with Crippen molar-refractivity contribution in [3.63, 3.8) is 0 Å². The number of rotatable bonds is 3. The van der Waals surface area contributed by atoms with Crippen LogP contribution in [-0.2, 0) is 6.54 Å². The van der Waals surface area contributed by atoms with Gasteiger partial charge in [-0.15, -0.1) is 0 Å². The maximum absolute atomic E-state index is 12.8. The minimum Gasteiger partial charge on any atom is -0.298 e. The molecular weight excluding hydrogens is 291 g/mol. The predicted octanol–water partition coefficient (Wildman–Crippen LogP) is 3.65. The van der Waals surface area contributed by atoms with Gasteiger partial charge in [0.2, 0.25) is 0 Å². The molecule has 1 unspecified atom stereocenters. The average molecular weight is 309 g/mol. The van der Waals surface area contributed by atoms with Crippen molar-refractivity contribution in [2.24, 2.45) is 5.92 Å². The van der Waals surface area contributed by atoms with Gasteiger partial charge in [-0.1, -0.05) is 12.1 Å². The van der Waals surface area contributed by atoms with E-state index in [2.05, 4.69) is 5.10 Å². The molecule has 1 aromatic heterocycles. The van der Waals surface area contributed by atoms with Crippen LogP contribution in [0, 0.1) is 5.92 Å². The summed E-state index contributed by atoms with van der Waals surface area (Å²) in [4.78, 5) is 1.89. The van der Waals surface area contributed by atoms with E-state index in [1.807, 2.05) is 41.4 Å². The monoisotopic (exact) mass is 309 g/mol. The van der Waals surface area contributed by atoms with Crippen molar-refractivity contribution in [1.82, 2.24) is 14.7 Å².